The summed E-state index contributed by atoms with van der Waals surface area (Å²) < 4.78 is 28.9. The number of carbonyl (C=O) groups excluding carboxylic acids is 1. The van der Waals surface area contributed by atoms with Crippen LogP contribution in [0.25, 0.3) is 6.08 Å². The Balaban J connectivity index is 1.90. The van der Waals surface area contributed by atoms with E-state index in [1.807, 2.05) is 6.92 Å². The van der Waals surface area contributed by atoms with Gasteiger partial charge in [-0.3, -0.25) is 0 Å². The van der Waals surface area contributed by atoms with Crippen LogP contribution in [0.4, 0.5) is 4.39 Å². The predicted octanol–water partition coefficient (Wildman–Crippen LogP) is 3.58. The largest absolute Gasteiger partial charge is 0.493 e. The van der Waals surface area contributed by atoms with Gasteiger partial charge < -0.3 is 14.2 Å². The molecular formula is C19H16FNO4. The highest BCUT2D eigenvalue weighted by Crippen LogP contribution is 2.29. The summed E-state index contributed by atoms with van der Waals surface area (Å²) >= 11 is 0. The molecule has 0 bridgehead atoms. The van der Waals surface area contributed by atoms with Crippen molar-refractivity contribution >= 4 is 17.9 Å². The first-order valence-electron chi connectivity index (χ1n) is 7.70. The van der Waals surface area contributed by atoms with Gasteiger partial charge in [0.25, 0.3) is 0 Å². The van der Waals surface area contributed by atoms with Crippen LogP contribution in [0.3, 0.4) is 0 Å². The maximum atomic E-state index is 13.0. The van der Waals surface area contributed by atoms with E-state index in [9.17, 15) is 9.18 Å². The number of aliphatic imine (C=N–C) groups is 1. The summed E-state index contributed by atoms with van der Waals surface area (Å²) in [6.45, 7) is 2.41. The van der Waals surface area contributed by atoms with E-state index < -0.39 is 5.97 Å². The number of esters is 1. The molecule has 0 atom stereocenters. The Hall–Kier alpha value is -3.15. The second kappa shape index (κ2) is 7.17. The molecule has 5 nitrogen and oxygen atoms in total. The van der Waals surface area contributed by atoms with Crippen molar-refractivity contribution in [2.24, 2.45) is 4.99 Å². The molecule has 128 valence electrons. The molecule has 0 aromatic heterocycles. The van der Waals surface area contributed by atoms with Crippen LogP contribution in [-0.4, -0.2) is 25.6 Å². The fourth-order valence-electron chi connectivity index (χ4n) is 2.33. The van der Waals surface area contributed by atoms with E-state index in [0.717, 1.165) is 5.56 Å². The van der Waals surface area contributed by atoms with Crippen LogP contribution in [0.5, 0.6) is 11.5 Å². The van der Waals surface area contributed by atoms with Gasteiger partial charge >= 0.3 is 5.97 Å². The van der Waals surface area contributed by atoms with E-state index in [4.69, 9.17) is 14.2 Å². The average molecular weight is 341 g/mol. The Morgan fingerprint density at radius 1 is 1.16 bits per heavy atom. The molecular weight excluding hydrogens is 325 g/mol. The number of ether oxygens (including phenoxy) is 3. The number of hydrogen-bond donors (Lipinski definition) is 0. The number of cyclic esters (lactones) is 1. The molecule has 2 aromatic carbocycles. The van der Waals surface area contributed by atoms with Crippen molar-refractivity contribution in [3.8, 4) is 11.5 Å². The van der Waals surface area contributed by atoms with Gasteiger partial charge in [-0.2, -0.15) is 0 Å². The fourth-order valence-corrected chi connectivity index (χ4v) is 2.33. The highest BCUT2D eigenvalue weighted by Gasteiger charge is 2.24. The molecule has 0 unspecified atom stereocenters. The van der Waals surface area contributed by atoms with Gasteiger partial charge in [0.2, 0.25) is 5.90 Å². The smallest absolute Gasteiger partial charge is 0.363 e. The average Bonchev–Trinajstić information content (AvgIpc) is 2.97. The second-order valence-corrected chi connectivity index (χ2v) is 5.19. The SMILES string of the molecule is CCOc1ccc(C=C2N=C(c3ccc(F)cc3)OC2=O)cc1OC. The minimum absolute atomic E-state index is 0.147. The van der Waals surface area contributed by atoms with Crippen molar-refractivity contribution in [2.75, 3.05) is 13.7 Å². The summed E-state index contributed by atoms with van der Waals surface area (Å²) in [5, 5.41) is 0. The van der Waals surface area contributed by atoms with E-state index in [2.05, 4.69) is 4.99 Å². The zero-order chi connectivity index (χ0) is 17.8. The van der Waals surface area contributed by atoms with Gasteiger partial charge in [-0.1, -0.05) is 6.07 Å². The predicted molar refractivity (Wildman–Crippen MR) is 91.2 cm³/mol. The van der Waals surface area contributed by atoms with Gasteiger partial charge in [-0.15, -0.1) is 0 Å². The molecule has 0 amide bonds. The third-order valence-electron chi connectivity index (χ3n) is 3.50. The number of methoxy groups -OCH3 is 1. The van der Waals surface area contributed by atoms with Crippen molar-refractivity contribution < 1.29 is 23.4 Å². The van der Waals surface area contributed by atoms with Crippen LogP contribution >= 0.6 is 0 Å². The van der Waals surface area contributed by atoms with Crippen LogP contribution in [0.15, 0.2) is 53.2 Å². The molecule has 0 spiro atoms. The zero-order valence-corrected chi connectivity index (χ0v) is 13.8. The van der Waals surface area contributed by atoms with Gasteiger partial charge in [0, 0.05) is 5.56 Å². The lowest BCUT2D eigenvalue weighted by atomic mass is 10.1. The highest BCUT2D eigenvalue weighted by molar-refractivity contribution is 6.12. The van der Waals surface area contributed by atoms with E-state index in [1.54, 1.807) is 31.4 Å². The number of nitrogens with zero attached hydrogens (tertiary/aromatic N) is 1. The highest BCUT2D eigenvalue weighted by atomic mass is 19.1. The Morgan fingerprint density at radius 2 is 1.92 bits per heavy atom. The Bertz CT molecular complexity index is 856. The normalized spacial score (nSPS) is 15.1. The van der Waals surface area contributed by atoms with Crippen LogP contribution in [0.1, 0.15) is 18.1 Å². The summed E-state index contributed by atoms with van der Waals surface area (Å²) in [7, 11) is 1.55. The molecule has 1 heterocycles. The molecule has 1 aliphatic rings. The van der Waals surface area contributed by atoms with Crippen molar-refractivity contribution in [3.63, 3.8) is 0 Å². The maximum absolute atomic E-state index is 13.0. The summed E-state index contributed by atoms with van der Waals surface area (Å²) in [4.78, 5) is 16.2. The third-order valence-corrected chi connectivity index (χ3v) is 3.50. The van der Waals surface area contributed by atoms with E-state index in [1.165, 1.54) is 24.3 Å². The van der Waals surface area contributed by atoms with Crippen molar-refractivity contribution in [1.82, 2.24) is 0 Å². The quantitative estimate of drug-likeness (QED) is 0.616. The van der Waals surface area contributed by atoms with Crippen LogP contribution in [-0.2, 0) is 9.53 Å². The van der Waals surface area contributed by atoms with Crippen molar-refractivity contribution in [3.05, 3.63) is 65.1 Å². The number of rotatable bonds is 5. The molecule has 0 N–H and O–H groups in total. The van der Waals surface area contributed by atoms with Crippen LogP contribution < -0.4 is 9.47 Å². The number of benzene rings is 2. The Kier molecular flexibility index (Phi) is 4.79. The number of halogens is 1. The lowest BCUT2D eigenvalue weighted by Gasteiger charge is -2.09. The van der Waals surface area contributed by atoms with E-state index in [-0.39, 0.29) is 17.4 Å². The zero-order valence-electron chi connectivity index (χ0n) is 13.8. The molecule has 0 radical (unpaired) electrons. The van der Waals surface area contributed by atoms with Gasteiger partial charge in [0.15, 0.2) is 17.2 Å². The fraction of sp³-hybridized carbons (Fsp3) is 0.158. The molecule has 3 rings (SSSR count). The van der Waals surface area contributed by atoms with Gasteiger partial charge in [0.05, 0.1) is 13.7 Å². The molecule has 25 heavy (non-hydrogen) atoms. The topological polar surface area (TPSA) is 57.1 Å². The summed E-state index contributed by atoms with van der Waals surface area (Å²) in [5.41, 5.74) is 1.41. The first kappa shape index (κ1) is 16.7. The maximum Gasteiger partial charge on any atom is 0.363 e. The molecule has 0 fully saturated rings. The summed E-state index contributed by atoms with van der Waals surface area (Å²) in [5.74, 6) is 0.397. The first-order valence-corrected chi connectivity index (χ1v) is 7.70. The summed E-state index contributed by atoms with van der Waals surface area (Å²) in [6.07, 6.45) is 1.59. The van der Waals surface area contributed by atoms with Crippen LogP contribution in [0, 0.1) is 5.82 Å². The molecule has 0 aliphatic carbocycles. The van der Waals surface area contributed by atoms with Crippen molar-refractivity contribution in [1.29, 1.82) is 0 Å². The minimum atomic E-state index is -0.563. The van der Waals surface area contributed by atoms with E-state index in [0.29, 0.717) is 23.7 Å². The Labute approximate surface area is 144 Å². The van der Waals surface area contributed by atoms with Gasteiger partial charge in [0.1, 0.15) is 5.82 Å². The molecule has 6 heteroatoms. The van der Waals surface area contributed by atoms with Crippen molar-refractivity contribution in [2.45, 2.75) is 6.92 Å². The molecule has 0 saturated carbocycles. The molecule has 1 aliphatic heterocycles. The monoisotopic (exact) mass is 341 g/mol. The molecule has 2 aromatic rings. The third kappa shape index (κ3) is 3.68. The van der Waals surface area contributed by atoms with Gasteiger partial charge in [-0.25, -0.2) is 14.2 Å². The standard InChI is InChI=1S/C19H16FNO4/c1-3-24-16-9-4-12(11-17(16)23-2)10-15-19(22)25-18(21-15)13-5-7-14(20)8-6-13/h4-11H,3H2,1-2H3. The number of carbonyl (C=O) groups is 1. The lowest BCUT2D eigenvalue weighted by molar-refractivity contribution is -0.129. The van der Waals surface area contributed by atoms with Gasteiger partial charge in [-0.05, 0) is 55.0 Å². The minimum Gasteiger partial charge on any atom is -0.493 e. The first-order chi connectivity index (χ1) is 12.1. The second-order valence-electron chi connectivity index (χ2n) is 5.19. The van der Waals surface area contributed by atoms with E-state index >= 15 is 0 Å². The summed E-state index contributed by atoms with van der Waals surface area (Å²) in [6, 6.07) is 10.9. The lowest BCUT2D eigenvalue weighted by Crippen LogP contribution is -2.05. The Morgan fingerprint density at radius 3 is 2.60 bits per heavy atom. The van der Waals surface area contributed by atoms with Crippen LogP contribution in [0.2, 0.25) is 0 Å². The molecule has 0 saturated heterocycles. The number of hydrogen-bond acceptors (Lipinski definition) is 5.